The molecule has 2 heterocycles. The Balaban J connectivity index is 1.54. The Labute approximate surface area is 174 Å². The van der Waals surface area contributed by atoms with Crippen molar-refractivity contribution in [3.8, 4) is 11.4 Å². The van der Waals surface area contributed by atoms with Crippen LogP contribution in [0.1, 0.15) is 58.2 Å². The molecular formula is C21H26N6O3. The van der Waals surface area contributed by atoms with Gasteiger partial charge in [0.25, 0.3) is 5.91 Å². The molecule has 3 N–H and O–H groups in total. The molecule has 1 saturated heterocycles. The van der Waals surface area contributed by atoms with Crippen LogP contribution >= 0.6 is 0 Å². The minimum atomic E-state index is -0.941. The Morgan fingerprint density at radius 1 is 1.17 bits per heavy atom. The molecule has 4 rings (SSSR count). The van der Waals surface area contributed by atoms with Gasteiger partial charge in [-0.15, -0.1) is 0 Å². The van der Waals surface area contributed by atoms with Crippen molar-refractivity contribution >= 4 is 23.5 Å². The molecule has 1 aliphatic heterocycles. The highest BCUT2D eigenvalue weighted by Crippen LogP contribution is 2.36. The van der Waals surface area contributed by atoms with Crippen LogP contribution in [0.2, 0.25) is 0 Å². The highest BCUT2D eigenvalue weighted by atomic mass is 16.2. The van der Waals surface area contributed by atoms with E-state index in [1.54, 1.807) is 19.1 Å². The topological polar surface area (TPSA) is 120 Å². The number of amides is 4. The molecule has 158 valence electrons. The zero-order valence-corrected chi connectivity index (χ0v) is 17.4. The molecule has 1 saturated carbocycles. The first-order chi connectivity index (χ1) is 14.3. The van der Waals surface area contributed by atoms with Gasteiger partial charge in [-0.1, -0.05) is 38.8 Å². The molecule has 0 radical (unpaired) electrons. The monoisotopic (exact) mass is 410 g/mol. The van der Waals surface area contributed by atoms with Crippen molar-refractivity contribution in [2.75, 3.05) is 5.32 Å². The second kappa shape index (κ2) is 7.55. The molecule has 1 spiro atoms. The van der Waals surface area contributed by atoms with E-state index in [2.05, 4.69) is 25.8 Å². The number of carbonyl (C=O) groups is 3. The SMILES string of the molecule is CC(C)c1nc(-c2ccccc2NC(=O)C(C)N2C(=O)NC3(CCCC3)C2=O)n[nH]1. The van der Waals surface area contributed by atoms with E-state index in [-0.39, 0.29) is 11.8 Å². The summed E-state index contributed by atoms with van der Waals surface area (Å²) in [5.41, 5.74) is 0.340. The summed E-state index contributed by atoms with van der Waals surface area (Å²) < 4.78 is 0. The summed E-state index contributed by atoms with van der Waals surface area (Å²) in [6.45, 7) is 5.58. The van der Waals surface area contributed by atoms with Crippen molar-refractivity contribution in [1.82, 2.24) is 25.4 Å². The molecule has 0 bridgehead atoms. The van der Waals surface area contributed by atoms with Crippen LogP contribution in [0.4, 0.5) is 10.5 Å². The van der Waals surface area contributed by atoms with Crippen LogP contribution in [0.15, 0.2) is 24.3 Å². The van der Waals surface area contributed by atoms with Crippen LogP contribution in [0.3, 0.4) is 0 Å². The number of H-pyrrole nitrogens is 1. The molecule has 4 amide bonds. The number of nitrogens with one attached hydrogen (secondary N) is 3. The zero-order chi connectivity index (χ0) is 21.5. The van der Waals surface area contributed by atoms with Crippen molar-refractivity contribution in [2.24, 2.45) is 0 Å². The second-order valence-electron chi connectivity index (χ2n) is 8.30. The molecule has 1 aromatic carbocycles. The number of aromatic amines is 1. The number of imide groups is 1. The Bertz CT molecular complexity index is 992. The molecule has 1 unspecified atom stereocenters. The Kier molecular flexibility index (Phi) is 5.05. The minimum Gasteiger partial charge on any atom is -0.324 e. The lowest BCUT2D eigenvalue weighted by atomic mass is 9.97. The molecule has 30 heavy (non-hydrogen) atoms. The maximum Gasteiger partial charge on any atom is 0.325 e. The van der Waals surface area contributed by atoms with Crippen LogP contribution in [0.5, 0.6) is 0 Å². The van der Waals surface area contributed by atoms with E-state index in [1.165, 1.54) is 0 Å². The second-order valence-corrected chi connectivity index (χ2v) is 8.30. The maximum atomic E-state index is 13.0. The van der Waals surface area contributed by atoms with Crippen molar-refractivity contribution in [1.29, 1.82) is 0 Å². The fourth-order valence-electron chi connectivity index (χ4n) is 4.10. The van der Waals surface area contributed by atoms with E-state index in [1.807, 2.05) is 26.0 Å². The van der Waals surface area contributed by atoms with E-state index in [0.29, 0.717) is 29.9 Å². The van der Waals surface area contributed by atoms with Crippen LogP contribution in [0, 0.1) is 0 Å². The summed E-state index contributed by atoms with van der Waals surface area (Å²) in [7, 11) is 0. The van der Waals surface area contributed by atoms with Gasteiger partial charge in [-0.05, 0) is 31.9 Å². The van der Waals surface area contributed by atoms with Crippen molar-refractivity contribution in [3.05, 3.63) is 30.1 Å². The molecule has 1 aliphatic carbocycles. The van der Waals surface area contributed by atoms with Gasteiger partial charge < -0.3 is 10.6 Å². The van der Waals surface area contributed by atoms with Gasteiger partial charge >= 0.3 is 6.03 Å². The first kappa shape index (κ1) is 20.1. The smallest absolute Gasteiger partial charge is 0.324 e. The molecular weight excluding hydrogens is 384 g/mol. The van der Waals surface area contributed by atoms with E-state index < -0.39 is 23.5 Å². The van der Waals surface area contributed by atoms with Crippen LogP contribution in [-0.2, 0) is 9.59 Å². The van der Waals surface area contributed by atoms with Crippen LogP contribution in [-0.4, -0.2) is 49.5 Å². The van der Waals surface area contributed by atoms with E-state index in [0.717, 1.165) is 23.6 Å². The fraction of sp³-hybridized carbons (Fsp3) is 0.476. The maximum absolute atomic E-state index is 13.0. The van der Waals surface area contributed by atoms with Crippen LogP contribution < -0.4 is 10.6 Å². The van der Waals surface area contributed by atoms with Gasteiger partial charge in [-0.3, -0.25) is 14.7 Å². The molecule has 2 fully saturated rings. The Hall–Kier alpha value is -3.23. The minimum absolute atomic E-state index is 0.190. The summed E-state index contributed by atoms with van der Waals surface area (Å²) in [6, 6.07) is 5.74. The predicted octanol–water partition coefficient (Wildman–Crippen LogP) is 2.79. The zero-order valence-electron chi connectivity index (χ0n) is 17.4. The lowest BCUT2D eigenvalue weighted by molar-refractivity contribution is -0.136. The highest BCUT2D eigenvalue weighted by Gasteiger charge is 2.54. The number of anilines is 1. The van der Waals surface area contributed by atoms with Crippen molar-refractivity contribution in [3.63, 3.8) is 0 Å². The number of urea groups is 1. The van der Waals surface area contributed by atoms with Gasteiger partial charge in [0.1, 0.15) is 17.4 Å². The Morgan fingerprint density at radius 3 is 2.53 bits per heavy atom. The summed E-state index contributed by atoms with van der Waals surface area (Å²) in [6.07, 6.45) is 3.02. The van der Waals surface area contributed by atoms with Gasteiger partial charge in [0.2, 0.25) is 5.91 Å². The van der Waals surface area contributed by atoms with Gasteiger partial charge in [0, 0.05) is 11.5 Å². The van der Waals surface area contributed by atoms with Gasteiger partial charge in [-0.25, -0.2) is 14.7 Å². The molecule has 1 aromatic heterocycles. The molecule has 9 heteroatoms. The summed E-state index contributed by atoms with van der Waals surface area (Å²) >= 11 is 0. The first-order valence-corrected chi connectivity index (χ1v) is 10.3. The molecule has 2 aliphatic rings. The summed E-state index contributed by atoms with van der Waals surface area (Å²) in [5, 5.41) is 12.8. The number of hydrogen-bond donors (Lipinski definition) is 3. The first-order valence-electron chi connectivity index (χ1n) is 10.3. The molecule has 1 atom stereocenters. The lowest BCUT2D eigenvalue weighted by Crippen LogP contribution is -2.48. The third-order valence-electron chi connectivity index (χ3n) is 5.89. The van der Waals surface area contributed by atoms with E-state index >= 15 is 0 Å². The van der Waals surface area contributed by atoms with E-state index in [4.69, 9.17) is 0 Å². The van der Waals surface area contributed by atoms with Gasteiger partial charge in [0.15, 0.2) is 5.82 Å². The number of aromatic nitrogens is 3. The average molecular weight is 410 g/mol. The molecule has 2 aromatic rings. The quantitative estimate of drug-likeness (QED) is 0.655. The summed E-state index contributed by atoms with van der Waals surface area (Å²) in [4.78, 5) is 43.9. The number of benzene rings is 1. The molecule has 9 nitrogen and oxygen atoms in total. The van der Waals surface area contributed by atoms with Crippen molar-refractivity contribution < 1.29 is 14.4 Å². The van der Waals surface area contributed by atoms with Gasteiger partial charge in [-0.2, -0.15) is 5.10 Å². The summed E-state index contributed by atoms with van der Waals surface area (Å²) in [5.74, 6) is 0.663. The van der Waals surface area contributed by atoms with E-state index in [9.17, 15) is 14.4 Å². The average Bonchev–Trinajstić information content (AvgIpc) is 3.43. The highest BCUT2D eigenvalue weighted by molar-refractivity contribution is 6.11. The van der Waals surface area contributed by atoms with Crippen molar-refractivity contribution in [2.45, 2.75) is 64.0 Å². The number of carbonyl (C=O) groups excluding carboxylic acids is 3. The number of rotatable bonds is 5. The third kappa shape index (κ3) is 3.34. The largest absolute Gasteiger partial charge is 0.325 e. The number of nitrogens with zero attached hydrogens (tertiary/aromatic N) is 3. The van der Waals surface area contributed by atoms with Gasteiger partial charge in [0.05, 0.1) is 5.69 Å². The fourth-order valence-corrected chi connectivity index (χ4v) is 4.10. The Morgan fingerprint density at radius 2 is 1.87 bits per heavy atom. The lowest BCUT2D eigenvalue weighted by Gasteiger charge is -2.23. The third-order valence-corrected chi connectivity index (χ3v) is 5.89. The van der Waals surface area contributed by atoms with Crippen LogP contribution in [0.25, 0.3) is 11.4 Å². The number of para-hydroxylation sites is 1. The normalized spacial score (nSPS) is 18.9. The number of hydrogen-bond acceptors (Lipinski definition) is 5. The predicted molar refractivity (Wildman–Crippen MR) is 111 cm³/mol. The standard InChI is InChI=1S/C21H26N6O3/c1-12(2)16-23-17(26-25-16)14-8-4-5-9-15(14)22-18(28)13(3)27-19(29)21(24-20(27)30)10-6-7-11-21/h4-5,8-9,12-13H,6-7,10-11H2,1-3H3,(H,22,28)(H,24,30)(H,23,25,26).